The van der Waals surface area contributed by atoms with E-state index in [0.29, 0.717) is 16.6 Å². The number of aromatic nitrogens is 4. The van der Waals surface area contributed by atoms with Gasteiger partial charge < -0.3 is 10.1 Å². The lowest BCUT2D eigenvalue weighted by Gasteiger charge is -2.00. The molecule has 1 N–H and O–H groups in total. The van der Waals surface area contributed by atoms with E-state index < -0.39 is 0 Å². The Hall–Kier alpha value is -2.72. The number of methoxy groups -OCH3 is 1. The number of rotatable bonds is 10. The minimum Gasteiger partial charge on any atom is -0.469 e. The smallest absolute Gasteiger partial charge is 0.312 e. The SMILES string of the molecule is COC(=O)Cc1nnc(CCCCc2nnc(NC(=O)Cc3ccccc3)s2)s1. The molecule has 2 heterocycles. The number of unbranched alkanes of at least 4 members (excludes halogenated alkanes) is 1. The molecular formula is C19H21N5O3S2. The molecule has 29 heavy (non-hydrogen) atoms. The summed E-state index contributed by atoms with van der Waals surface area (Å²) in [5.74, 6) is -0.409. The van der Waals surface area contributed by atoms with Crippen molar-refractivity contribution in [3.63, 3.8) is 0 Å². The highest BCUT2D eigenvalue weighted by Crippen LogP contribution is 2.19. The fourth-order valence-electron chi connectivity index (χ4n) is 2.56. The average Bonchev–Trinajstić information content (AvgIpc) is 3.35. The van der Waals surface area contributed by atoms with Gasteiger partial charge in [-0.15, -0.1) is 31.7 Å². The Morgan fingerprint density at radius 1 is 0.897 bits per heavy atom. The molecule has 0 aliphatic carbocycles. The van der Waals surface area contributed by atoms with Gasteiger partial charge in [0.25, 0.3) is 0 Å². The van der Waals surface area contributed by atoms with Crippen molar-refractivity contribution >= 4 is 39.7 Å². The van der Waals surface area contributed by atoms with E-state index in [0.717, 1.165) is 41.3 Å². The molecule has 0 atom stereocenters. The van der Waals surface area contributed by atoms with Gasteiger partial charge >= 0.3 is 5.97 Å². The average molecular weight is 432 g/mol. The van der Waals surface area contributed by atoms with Crippen LogP contribution in [0.25, 0.3) is 0 Å². The summed E-state index contributed by atoms with van der Waals surface area (Å²) in [4.78, 5) is 23.3. The molecule has 0 bridgehead atoms. The summed E-state index contributed by atoms with van der Waals surface area (Å²) in [7, 11) is 1.36. The van der Waals surface area contributed by atoms with E-state index in [1.54, 1.807) is 0 Å². The zero-order valence-electron chi connectivity index (χ0n) is 16.0. The second-order valence-corrected chi connectivity index (χ2v) is 8.47. The van der Waals surface area contributed by atoms with Crippen LogP contribution in [0, 0.1) is 0 Å². The number of ether oxygens (including phenoxy) is 1. The monoisotopic (exact) mass is 431 g/mol. The summed E-state index contributed by atoms with van der Waals surface area (Å²) >= 11 is 2.84. The lowest BCUT2D eigenvalue weighted by atomic mass is 10.1. The fourth-order valence-corrected chi connectivity index (χ4v) is 4.23. The van der Waals surface area contributed by atoms with Crippen molar-refractivity contribution < 1.29 is 14.3 Å². The molecule has 10 heteroatoms. The maximum absolute atomic E-state index is 12.1. The molecule has 0 saturated heterocycles. The summed E-state index contributed by atoms with van der Waals surface area (Å²) in [6.45, 7) is 0. The van der Waals surface area contributed by atoms with E-state index >= 15 is 0 Å². The number of hydrogen-bond donors (Lipinski definition) is 1. The summed E-state index contributed by atoms with van der Waals surface area (Å²) in [6, 6.07) is 9.58. The topological polar surface area (TPSA) is 107 Å². The third-order valence-corrected chi connectivity index (χ3v) is 5.87. The predicted molar refractivity (Wildman–Crippen MR) is 111 cm³/mol. The third-order valence-electron chi connectivity index (χ3n) is 3.98. The molecule has 2 aromatic heterocycles. The first-order valence-corrected chi connectivity index (χ1v) is 10.8. The van der Waals surface area contributed by atoms with Crippen molar-refractivity contribution in [2.45, 2.75) is 38.5 Å². The van der Waals surface area contributed by atoms with Gasteiger partial charge in [0.1, 0.15) is 15.0 Å². The van der Waals surface area contributed by atoms with E-state index in [2.05, 4.69) is 30.4 Å². The Bertz CT molecular complexity index is 942. The van der Waals surface area contributed by atoms with Crippen LogP contribution in [0.15, 0.2) is 30.3 Å². The van der Waals surface area contributed by atoms with Gasteiger partial charge in [-0.3, -0.25) is 9.59 Å². The molecule has 152 valence electrons. The van der Waals surface area contributed by atoms with Gasteiger partial charge in [-0.1, -0.05) is 41.7 Å². The van der Waals surface area contributed by atoms with Crippen LogP contribution >= 0.6 is 22.7 Å². The van der Waals surface area contributed by atoms with Crippen LogP contribution < -0.4 is 5.32 Å². The number of aryl methyl sites for hydroxylation is 2. The van der Waals surface area contributed by atoms with Gasteiger partial charge in [-0.25, -0.2) is 0 Å². The standard InChI is InChI=1S/C19H21N5O3S2/c1-27-18(26)12-17-23-21-15(28-17)9-5-6-10-16-22-24-19(29-16)20-14(25)11-13-7-3-2-4-8-13/h2-4,7-8H,5-6,9-12H2,1H3,(H,20,24,25). The molecule has 0 spiro atoms. The molecule has 1 aromatic carbocycles. The van der Waals surface area contributed by atoms with Crippen LogP contribution in [0.1, 0.15) is 33.4 Å². The van der Waals surface area contributed by atoms with Crippen molar-refractivity contribution in [3.05, 3.63) is 50.9 Å². The first-order chi connectivity index (χ1) is 14.1. The third kappa shape index (κ3) is 6.99. The first kappa shape index (κ1) is 21.0. The van der Waals surface area contributed by atoms with Crippen LogP contribution in [0.5, 0.6) is 0 Å². The number of benzene rings is 1. The Morgan fingerprint density at radius 3 is 2.28 bits per heavy atom. The quantitative estimate of drug-likeness (QED) is 0.388. The molecule has 0 fully saturated rings. The Kier molecular flexibility index (Phi) is 7.77. The van der Waals surface area contributed by atoms with Crippen molar-refractivity contribution in [3.8, 4) is 0 Å². The number of amides is 1. The van der Waals surface area contributed by atoms with Crippen molar-refractivity contribution in [1.82, 2.24) is 20.4 Å². The molecule has 0 saturated carbocycles. The normalized spacial score (nSPS) is 10.7. The summed E-state index contributed by atoms with van der Waals surface area (Å²) in [6.07, 6.45) is 3.94. The number of carbonyl (C=O) groups is 2. The van der Waals surface area contributed by atoms with Crippen LogP contribution in [0.4, 0.5) is 5.13 Å². The summed E-state index contributed by atoms with van der Waals surface area (Å²) < 4.78 is 4.63. The number of carbonyl (C=O) groups excluding carboxylic acids is 2. The lowest BCUT2D eigenvalue weighted by Crippen LogP contribution is -2.14. The maximum atomic E-state index is 12.1. The van der Waals surface area contributed by atoms with Gasteiger partial charge in [-0.05, 0) is 18.4 Å². The highest BCUT2D eigenvalue weighted by atomic mass is 32.1. The van der Waals surface area contributed by atoms with Gasteiger partial charge in [0, 0.05) is 12.8 Å². The number of nitrogens with zero attached hydrogens (tertiary/aromatic N) is 4. The van der Waals surface area contributed by atoms with Crippen LogP contribution in [-0.2, 0) is 40.0 Å². The van der Waals surface area contributed by atoms with Crippen molar-refractivity contribution in [2.75, 3.05) is 12.4 Å². The molecule has 0 aliphatic rings. The van der Waals surface area contributed by atoms with Gasteiger partial charge in [0.05, 0.1) is 20.0 Å². The first-order valence-electron chi connectivity index (χ1n) is 9.16. The zero-order valence-corrected chi connectivity index (χ0v) is 17.6. The van der Waals surface area contributed by atoms with E-state index in [9.17, 15) is 9.59 Å². The second-order valence-electron chi connectivity index (χ2n) is 6.26. The van der Waals surface area contributed by atoms with Crippen LogP contribution in [0.3, 0.4) is 0 Å². The molecule has 1 amide bonds. The minimum absolute atomic E-state index is 0.0991. The van der Waals surface area contributed by atoms with Gasteiger partial charge in [0.2, 0.25) is 11.0 Å². The molecular weight excluding hydrogens is 410 g/mol. The number of anilines is 1. The second kappa shape index (κ2) is 10.7. The zero-order chi connectivity index (χ0) is 20.5. The van der Waals surface area contributed by atoms with E-state index in [1.165, 1.54) is 29.8 Å². The predicted octanol–water partition coefficient (Wildman–Crippen LogP) is 2.85. The van der Waals surface area contributed by atoms with Crippen LogP contribution in [-0.4, -0.2) is 39.4 Å². The van der Waals surface area contributed by atoms with E-state index in [4.69, 9.17) is 0 Å². The maximum Gasteiger partial charge on any atom is 0.312 e. The molecule has 0 aliphatic heterocycles. The Morgan fingerprint density at radius 2 is 1.55 bits per heavy atom. The number of nitrogens with one attached hydrogen (secondary N) is 1. The Balaban J connectivity index is 1.37. The highest BCUT2D eigenvalue weighted by Gasteiger charge is 2.11. The summed E-state index contributed by atoms with van der Waals surface area (Å²) in [5, 5.41) is 22.1. The van der Waals surface area contributed by atoms with E-state index in [-0.39, 0.29) is 18.3 Å². The largest absolute Gasteiger partial charge is 0.469 e. The molecule has 0 unspecified atom stereocenters. The summed E-state index contributed by atoms with van der Waals surface area (Å²) in [5.41, 5.74) is 0.959. The van der Waals surface area contributed by atoms with E-state index in [1.807, 2.05) is 30.3 Å². The van der Waals surface area contributed by atoms with Gasteiger partial charge in [0.15, 0.2) is 0 Å². The minimum atomic E-state index is -0.310. The van der Waals surface area contributed by atoms with Crippen molar-refractivity contribution in [2.24, 2.45) is 0 Å². The fraction of sp³-hybridized carbons (Fsp3) is 0.368. The van der Waals surface area contributed by atoms with Crippen molar-refractivity contribution in [1.29, 1.82) is 0 Å². The lowest BCUT2D eigenvalue weighted by molar-refractivity contribution is -0.139. The number of esters is 1. The molecule has 0 radical (unpaired) electrons. The number of hydrogen-bond acceptors (Lipinski definition) is 9. The van der Waals surface area contributed by atoms with Crippen LogP contribution in [0.2, 0.25) is 0 Å². The molecule has 3 rings (SSSR count). The molecule has 8 nitrogen and oxygen atoms in total. The van der Waals surface area contributed by atoms with Gasteiger partial charge in [-0.2, -0.15) is 0 Å². The Labute approximate surface area is 176 Å². The molecule has 3 aromatic rings. The highest BCUT2D eigenvalue weighted by molar-refractivity contribution is 7.15.